The minimum Gasteiger partial charge on any atom is -0.382 e. The lowest BCUT2D eigenvalue weighted by atomic mass is 9.90. The zero-order valence-electron chi connectivity index (χ0n) is 8.28. The van der Waals surface area contributed by atoms with Gasteiger partial charge in [0.05, 0.1) is 6.61 Å². The average molecular weight is 200 g/mol. The van der Waals surface area contributed by atoms with E-state index in [-0.39, 0.29) is 5.92 Å². The van der Waals surface area contributed by atoms with Crippen molar-refractivity contribution in [2.24, 2.45) is 5.92 Å². The van der Waals surface area contributed by atoms with Crippen LogP contribution in [0.3, 0.4) is 0 Å². The smallest absolute Gasteiger partial charge is 0.124 e. The van der Waals surface area contributed by atoms with E-state index in [0.29, 0.717) is 6.61 Å². The first-order valence-corrected chi connectivity index (χ1v) is 5.24. The van der Waals surface area contributed by atoms with E-state index in [0.717, 1.165) is 4.88 Å². The summed E-state index contributed by atoms with van der Waals surface area (Å²) in [5, 5.41) is 12.3. The number of aliphatic hydroxyl groups is 1. The first kappa shape index (κ1) is 10.7. The first-order chi connectivity index (χ1) is 6.11. The molecule has 1 unspecified atom stereocenters. The van der Waals surface area contributed by atoms with Crippen molar-refractivity contribution < 1.29 is 9.84 Å². The highest BCUT2D eigenvalue weighted by molar-refractivity contribution is 7.10. The van der Waals surface area contributed by atoms with Gasteiger partial charge in [0.1, 0.15) is 5.60 Å². The summed E-state index contributed by atoms with van der Waals surface area (Å²) in [5.41, 5.74) is -0.830. The molecule has 0 spiro atoms. The standard InChI is InChI=1S/C10H16O2S/c1-8(2)10(11,7-12-3)9-5-4-6-13-9/h4-6,8,11H,7H2,1-3H3. The Morgan fingerprint density at radius 3 is 2.69 bits per heavy atom. The number of hydrogen-bond donors (Lipinski definition) is 1. The number of hydrogen-bond acceptors (Lipinski definition) is 3. The molecule has 1 aromatic rings. The molecule has 0 saturated heterocycles. The second-order valence-corrected chi connectivity index (χ2v) is 4.44. The molecule has 0 amide bonds. The Bertz CT molecular complexity index is 243. The van der Waals surface area contributed by atoms with E-state index in [1.54, 1.807) is 18.4 Å². The third-order valence-electron chi connectivity index (χ3n) is 2.27. The van der Waals surface area contributed by atoms with Crippen molar-refractivity contribution in [3.8, 4) is 0 Å². The average Bonchev–Trinajstić information content (AvgIpc) is 2.56. The molecule has 3 heteroatoms. The summed E-state index contributed by atoms with van der Waals surface area (Å²) in [4.78, 5) is 0.976. The number of ether oxygens (including phenoxy) is 1. The second-order valence-electron chi connectivity index (χ2n) is 3.49. The predicted octanol–water partition coefficient (Wildman–Crippen LogP) is 2.24. The van der Waals surface area contributed by atoms with Crippen LogP contribution in [-0.2, 0) is 10.3 Å². The lowest BCUT2D eigenvalue weighted by Crippen LogP contribution is -2.35. The molecule has 1 N–H and O–H groups in total. The summed E-state index contributed by atoms with van der Waals surface area (Å²) in [5.74, 6) is 0.158. The summed E-state index contributed by atoms with van der Waals surface area (Å²) in [6.45, 7) is 4.35. The van der Waals surface area contributed by atoms with Crippen LogP contribution in [0.2, 0.25) is 0 Å². The van der Waals surface area contributed by atoms with Gasteiger partial charge in [-0.25, -0.2) is 0 Å². The van der Waals surface area contributed by atoms with Crippen LogP contribution in [0.25, 0.3) is 0 Å². The van der Waals surface area contributed by atoms with Gasteiger partial charge in [-0.3, -0.25) is 0 Å². The van der Waals surface area contributed by atoms with Gasteiger partial charge in [-0.05, 0) is 17.4 Å². The summed E-state index contributed by atoms with van der Waals surface area (Å²) in [6, 6.07) is 3.90. The highest BCUT2D eigenvalue weighted by Gasteiger charge is 2.33. The van der Waals surface area contributed by atoms with Crippen LogP contribution in [0.5, 0.6) is 0 Å². The van der Waals surface area contributed by atoms with Crippen LogP contribution < -0.4 is 0 Å². The van der Waals surface area contributed by atoms with Gasteiger partial charge in [-0.1, -0.05) is 19.9 Å². The van der Waals surface area contributed by atoms with Crippen LogP contribution in [0, 0.1) is 5.92 Å². The monoisotopic (exact) mass is 200 g/mol. The van der Waals surface area contributed by atoms with Gasteiger partial charge in [-0.15, -0.1) is 11.3 Å². The Morgan fingerprint density at radius 1 is 1.62 bits per heavy atom. The summed E-state index contributed by atoms with van der Waals surface area (Å²) in [6.07, 6.45) is 0. The minimum absolute atomic E-state index is 0.158. The third kappa shape index (κ3) is 2.10. The number of thiophene rings is 1. The zero-order valence-corrected chi connectivity index (χ0v) is 9.10. The summed E-state index contributed by atoms with van der Waals surface area (Å²) < 4.78 is 5.05. The molecular formula is C10H16O2S. The maximum absolute atomic E-state index is 10.3. The van der Waals surface area contributed by atoms with E-state index >= 15 is 0 Å². The highest BCUT2D eigenvalue weighted by atomic mass is 32.1. The molecule has 0 aliphatic heterocycles. The van der Waals surface area contributed by atoms with E-state index in [1.165, 1.54) is 0 Å². The van der Waals surface area contributed by atoms with Crippen molar-refractivity contribution in [3.05, 3.63) is 22.4 Å². The fourth-order valence-electron chi connectivity index (χ4n) is 1.27. The zero-order chi connectivity index (χ0) is 9.90. The Morgan fingerprint density at radius 2 is 2.31 bits per heavy atom. The molecule has 0 saturated carbocycles. The largest absolute Gasteiger partial charge is 0.382 e. The molecule has 13 heavy (non-hydrogen) atoms. The van der Waals surface area contributed by atoms with E-state index < -0.39 is 5.60 Å². The molecule has 1 aromatic heterocycles. The first-order valence-electron chi connectivity index (χ1n) is 4.36. The van der Waals surface area contributed by atoms with Crippen molar-refractivity contribution in [2.45, 2.75) is 19.4 Å². The van der Waals surface area contributed by atoms with Gasteiger partial charge in [0.15, 0.2) is 0 Å². The van der Waals surface area contributed by atoms with Gasteiger partial charge in [-0.2, -0.15) is 0 Å². The van der Waals surface area contributed by atoms with Crippen LogP contribution >= 0.6 is 11.3 Å². The van der Waals surface area contributed by atoms with E-state index in [4.69, 9.17) is 4.74 Å². The van der Waals surface area contributed by atoms with E-state index in [2.05, 4.69) is 0 Å². The molecular weight excluding hydrogens is 184 g/mol. The van der Waals surface area contributed by atoms with Crippen LogP contribution in [0.15, 0.2) is 17.5 Å². The number of rotatable bonds is 4. The van der Waals surface area contributed by atoms with Gasteiger partial charge >= 0.3 is 0 Å². The number of methoxy groups -OCH3 is 1. The fourth-order valence-corrected chi connectivity index (χ4v) is 2.23. The van der Waals surface area contributed by atoms with Gasteiger partial charge in [0.2, 0.25) is 0 Å². The summed E-state index contributed by atoms with van der Waals surface area (Å²) >= 11 is 1.57. The fraction of sp³-hybridized carbons (Fsp3) is 0.600. The Kier molecular flexibility index (Phi) is 3.47. The molecule has 0 aliphatic carbocycles. The predicted molar refractivity (Wildman–Crippen MR) is 54.9 cm³/mol. The van der Waals surface area contributed by atoms with Crippen molar-refractivity contribution in [1.29, 1.82) is 0 Å². The van der Waals surface area contributed by atoms with E-state index in [1.807, 2.05) is 31.4 Å². The maximum Gasteiger partial charge on any atom is 0.124 e. The highest BCUT2D eigenvalue weighted by Crippen LogP contribution is 2.32. The molecule has 1 heterocycles. The lowest BCUT2D eigenvalue weighted by molar-refractivity contribution is -0.0673. The molecule has 74 valence electrons. The molecule has 0 aromatic carbocycles. The molecule has 0 radical (unpaired) electrons. The van der Waals surface area contributed by atoms with Crippen LogP contribution in [-0.4, -0.2) is 18.8 Å². The Balaban J connectivity index is 2.91. The summed E-state index contributed by atoms with van der Waals surface area (Å²) in [7, 11) is 1.61. The molecule has 2 nitrogen and oxygen atoms in total. The van der Waals surface area contributed by atoms with Gasteiger partial charge in [0, 0.05) is 12.0 Å². The molecule has 1 rings (SSSR count). The molecule has 0 bridgehead atoms. The van der Waals surface area contributed by atoms with Crippen molar-refractivity contribution >= 4 is 11.3 Å². The third-order valence-corrected chi connectivity index (χ3v) is 3.30. The molecule has 1 atom stereocenters. The molecule has 0 aliphatic rings. The lowest BCUT2D eigenvalue weighted by Gasteiger charge is -2.30. The Labute approximate surface area is 83.2 Å². The van der Waals surface area contributed by atoms with E-state index in [9.17, 15) is 5.11 Å². The molecule has 0 fully saturated rings. The SMILES string of the molecule is COCC(O)(c1cccs1)C(C)C. The Hall–Kier alpha value is -0.380. The quantitative estimate of drug-likeness (QED) is 0.807. The van der Waals surface area contributed by atoms with Crippen molar-refractivity contribution in [2.75, 3.05) is 13.7 Å². The van der Waals surface area contributed by atoms with Crippen LogP contribution in [0.4, 0.5) is 0 Å². The second kappa shape index (κ2) is 4.22. The topological polar surface area (TPSA) is 29.5 Å². The van der Waals surface area contributed by atoms with Crippen molar-refractivity contribution in [1.82, 2.24) is 0 Å². The minimum atomic E-state index is -0.830. The maximum atomic E-state index is 10.3. The van der Waals surface area contributed by atoms with Crippen LogP contribution in [0.1, 0.15) is 18.7 Å². The van der Waals surface area contributed by atoms with Crippen molar-refractivity contribution in [3.63, 3.8) is 0 Å². The van der Waals surface area contributed by atoms with Gasteiger partial charge < -0.3 is 9.84 Å². The van der Waals surface area contributed by atoms with Gasteiger partial charge in [0.25, 0.3) is 0 Å². The normalized spacial score (nSPS) is 16.1.